The van der Waals surface area contributed by atoms with Gasteiger partial charge in [0, 0.05) is 5.54 Å². The van der Waals surface area contributed by atoms with Gasteiger partial charge in [-0.1, -0.05) is 13.8 Å². The van der Waals surface area contributed by atoms with Crippen LogP contribution in [-0.4, -0.2) is 25.7 Å². The zero-order chi connectivity index (χ0) is 13.1. The fourth-order valence-corrected chi connectivity index (χ4v) is 1.63. The Balaban J connectivity index is 2.86. The van der Waals surface area contributed by atoms with Crippen molar-refractivity contribution in [2.45, 2.75) is 72.0 Å². The van der Waals surface area contributed by atoms with Crippen molar-refractivity contribution in [1.82, 2.24) is 25.5 Å². The van der Waals surface area contributed by atoms with E-state index < -0.39 is 0 Å². The van der Waals surface area contributed by atoms with Crippen molar-refractivity contribution >= 4 is 0 Å². The van der Waals surface area contributed by atoms with Crippen LogP contribution >= 0.6 is 0 Å². The molecular formula is C12H25N5. The van der Waals surface area contributed by atoms with E-state index >= 15 is 0 Å². The predicted molar refractivity (Wildman–Crippen MR) is 68.6 cm³/mol. The van der Waals surface area contributed by atoms with Gasteiger partial charge >= 0.3 is 0 Å². The maximum atomic E-state index is 4.15. The Morgan fingerprint density at radius 2 is 1.71 bits per heavy atom. The first kappa shape index (κ1) is 14.1. The number of nitrogens with one attached hydrogen (secondary N) is 1. The highest BCUT2D eigenvalue weighted by Crippen LogP contribution is 2.24. The van der Waals surface area contributed by atoms with Crippen LogP contribution < -0.4 is 5.32 Å². The van der Waals surface area contributed by atoms with E-state index in [0.717, 1.165) is 18.7 Å². The second kappa shape index (κ2) is 5.12. The standard InChI is InChI=1S/C12H25N5/c1-7-12(6,8-2)17-10(14-15-16-17)9-13-11(3,4)5/h13H,7-9H2,1-6H3. The van der Waals surface area contributed by atoms with E-state index in [1.165, 1.54) is 0 Å². The normalized spacial score (nSPS) is 13.1. The SMILES string of the molecule is CCC(C)(CC)n1nnnc1CNC(C)(C)C. The molecule has 0 amide bonds. The number of aromatic nitrogens is 4. The van der Waals surface area contributed by atoms with E-state index in [9.17, 15) is 0 Å². The van der Waals surface area contributed by atoms with E-state index in [0.29, 0.717) is 6.54 Å². The summed E-state index contributed by atoms with van der Waals surface area (Å²) in [4.78, 5) is 0. The van der Waals surface area contributed by atoms with Crippen LogP contribution in [0.25, 0.3) is 0 Å². The van der Waals surface area contributed by atoms with E-state index in [4.69, 9.17) is 0 Å². The van der Waals surface area contributed by atoms with Gasteiger partial charge in [0.1, 0.15) is 0 Å². The van der Waals surface area contributed by atoms with Crippen LogP contribution in [0.3, 0.4) is 0 Å². The molecule has 0 bridgehead atoms. The summed E-state index contributed by atoms with van der Waals surface area (Å²) in [5.74, 6) is 0.908. The van der Waals surface area contributed by atoms with Gasteiger partial charge in [-0.15, -0.1) is 5.10 Å². The number of rotatable bonds is 5. The van der Waals surface area contributed by atoms with Gasteiger partial charge in [-0.2, -0.15) is 0 Å². The molecule has 0 radical (unpaired) electrons. The second-order valence-corrected chi connectivity index (χ2v) is 5.81. The third kappa shape index (κ3) is 3.49. The Morgan fingerprint density at radius 1 is 1.12 bits per heavy atom. The van der Waals surface area contributed by atoms with Crippen molar-refractivity contribution in [2.24, 2.45) is 0 Å². The summed E-state index contributed by atoms with van der Waals surface area (Å²) in [6.07, 6.45) is 2.05. The van der Waals surface area contributed by atoms with Crippen molar-refractivity contribution in [1.29, 1.82) is 0 Å². The Hall–Kier alpha value is -0.970. The van der Waals surface area contributed by atoms with Crippen molar-refractivity contribution in [3.05, 3.63) is 5.82 Å². The smallest absolute Gasteiger partial charge is 0.165 e. The summed E-state index contributed by atoms with van der Waals surface area (Å²) in [6.45, 7) is 13.7. The number of nitrogens with zero attached hydrogens (tertiary/aromatic N) is 4. The minimum Gasteiger partial charge on any atom is -0.305 e. The van der Waals surface area contributed by atoms with Gasteiger partial charge in [0.15, 0.2) is 5.82 Å². The number of hydrogen-bond acceptors (Lipinski definition) is 4. The van der Waals surface area contributed by atoms with Crippen LogP contribution in [0.5, 0.6) is 0 Å². The summed E-state index contributed by atoms with van der Waals surface area (Å²) in [5.41, 5.74) is 0.0873. The largest absolute Gasteiger partial charge is 0.305 e. The fourth-order valence-electron chi connectivity index (χ4n) is 1.63. The van der Waals surface area contributed by atoms with E-state index in [1.54, 1.807) is 0 Å². The summed E-state index contributed by atoms with van der Waals surface area (Å²) in [7, 11) is 0. The minimum absolute atomic E-state index is 0.0123. The van der Waals surface area contributed by atoms with E-state index in [-0.39, 0.29) is 11.1 Å². The van der Waals surface area contributed by atoms with E-state index in [2.05, 4.69) is 62.4 Å². The molecule has 1 heterocycles. The van der Waals surface area contributed by atoms with Crippen molar-refractivity contribution in [3.63, 3.8) is 0 Å². The van der Waals surface area contributed by atoms with Crippen LogP contribution in [0.1, 0.15) is 60.2 Å². The van der Waals surface area contributed by atoms with Crippen LogP contribution in [0.2, 0.25) is 0 Å². The lowest BCUT2D eigenvalue weighted by atomic mass is 9.96. The lowest BCUT2D eigenvalue weighted by molar-refractivity contribution is 0.246. The van der Waals surface area contributed by atoms with Gasteiger partial charge in [-0.25, -0.2) is 4.68 Å². The molecule has 17 heavy (non-hydrogen) atoms. The number of tetrazole rings is 1. The molecule has 1 aromatic heterocycles. The molecule has 5 nitrogen and oxygen atoms in total. The molecule has 0 aliphatic heterocycles. The van der Waals surface area contributed by atoms with Crippen LogP contribution in [0, 0.1) is 0 Å². The molecule has 1 aromatic rings. The zero-order valence-corrected chi connectivity index (χ0v) is 11.9. The summed E-state index contributed by atoms with van der Waals surface area (Å²) in [6, 6.07) is 0. The highest BCUT2D eigenvalue weighted by molar-refractivity contribution is 4.90. The Labute approximate surface area is 104 Å². The zero-order valence-electron chi connectivity index (χ0n) is 11.9. The maximum Gasteiger partial charge on any atom is 0.165 e. The van der Waals surface area contributed by atoms with Gasteiger partial charge in [0.25, 0.3) is 0 Å². The van der Waals surface area contributed by atoms with Gasteiger partial charge in [-0.05, 0) is 51.0 Å². The molecule has 0 fully saturated rings. The molecule has 1 N–H and O–H groups in total. The second-order valence-electron chi connectivity index (χ2n) is 5.81. The molecule has 0 aromatic carbocycles. The van der Waals surface area contributed by atoms with E-state index in [1.807, 2.05) is 4.68 Å². The van der Waals surface area contributed by atoms with Crippen molar-refractivity contribution in [3.8, 4) is 0 Å². The Morgan fingerprint density at radius 3 is 2.18 bits per heavy atom. The molecule has 0 spiro atoms. The first-order chi connectivity index (χ1) is 7.82. The van der Waals surface area contributed by atoms with Gasteiger partial charge in [-0.3, -0.25) is 0 Å². The quantitative estimate of drug-likeness (QED) is 0.855. The molecular weight excluding hydrogens is 214 g/mol. The predicted octanol–water partition coefficient (Wildman–Crippen LogP) is 2.10. The highest BCUT2D eigenvalue weighted by atomic mass is 15.6. The van der Waals surface area contributed by atoms with Crippen LogP contribution in [-0.2, 0) is 12.1 Å². The topological polar surface area (TPSA) is 55.6 Å². The summed E-state index contributed by atoms with van der Waals surface area (Å²) in [5, 5.41) is 15.5. The van der Waals surface area contributed by atoms with Crippen LogP contribution in [0.4, 0.5) is 0 Å². The van der Waals surface area contributed by atoms with Gasteiger partial charge < -0.3 is 5.32 Å². The molecule has 0 aliphatic carbocycles. The van der Waals surface area contributed by atoms with Crippen molar-refractivity contribution < 1.29 is 0 Å². The molecule has 5 heteroatoms. The molecule has 98 valence electrons. The average molecular weight is 239 g/mol. The molecule has 0 saturated heterocycles. The molecule has 0 atom stereocenters. The maximum absolute atomic E-state index is 4.15. The Bertz CT molecular complexity index is 346. The summed E-state index contributed by atoms with van der Waals surface area (Å²) >= 11 is 0. The summed E-state index contributed by atoms with van der Waals surface area (Å²) < 4.78 is 1.96. The molecule has 0 unspecified atom stereocenters. The number of hydrogen-bond donors (Lipinski definition) is 1. The van der Waals surface area contributed by atoms with Gasteiger partial charge in [0.2, 0.25) is 0 Å². The lowest BCUT2D eigenvalue weighted by Gasteiger charge is -2.28. The third-order valence-electron chi connectivity index (χ3n) is 3.35. The first-order valence-electron chi connectivity index (χ1n) is 6.35. The molecule has 1 rings (SSSR count). The first-order valence-corrected chi connectivity index (χ1v) is 6.35. The third-order valence-corrected chi connectivity index (χ3v) is 3.35. The van der Waals surface area contributed by atoms with Gasteiger partial charge in [0.05, 0.1) is 12.1 Å². The highest BCUT2D eigenvalue weighted by Gasteiger charge is 2.27. The fraction of sp³-hybridized carbons (Fsp3) is 0.917. The Kier molecular flexibility index (Phi) is 4.25. The monoisotopic (exact) mass is 239 g/mol. The lowest BCUT2D eigenvalue weighted by Crippen LogP contribution is -2.38. The van der Waals surface area contributed by atoms with Crippen LogP contribution in [0.15, 0.2) is 0 Å². The van der Waals surface area contributed by atoms with Crippen molar-refractivity contribution in [2.75, 3.05) is 0 Å². The average Bonchev–Trinajstić information content (AvgIpc) is 2.73. The molecule has 0 aliphatic rings. The minimum atomic E-state index is 0.0123. The molecule has 0 saturated carbocycles.